The Morgan fingerprint density at radius 2 is 1.74 bits per heavy atom. The molecule has 0 aliphatic heterocycles. The van der Waals surface area contributed by atoms with Crippen LogP contribution in [-0.4, -0.2) is 5.84 Å². The minimum Gasteiger partial charge on any atom is -0.456 e. The number of nitrogens with two attached hydrogens (primary N) is 1. The van der Waals surface area contributed by atoms with Gasteiger partial charge in [0.15, 0.2) is 11.6 Å². The minimum absolute atomic E-state index is 0.0213. The van der Waals surface area contributed by atoms with E-state index in [-0.39, 0.29) is 17.1 Å². The molecule has 0 atom stereocenters. The Labute approximate surface area is 106 Å². The number of halogens is 3. The Hall–Kier alpha value is -2.50. The fraction of sp³-hybridized carbons (Fsp3) is 0. The number of hydrogen-bond acceptors (Lipinski definition) is 2. The normalized spacial score (nSPS) is 10.3. The van der Waals surface area contributed by atoms with Crippen molar-refractivity contribution in [1.29, 1.82) is 5.41 Å². The molecule has 0 saturated heterocycles. The van der Waals surface area contributed by atoms with Gasteiger partial charge in [0.1, 0.15) is 23.2 Å². The lowest BCUT2D eigenvalue weighted by Crippen LogP contribution is -2.12. The molecule has 0 heterocycles. The summed E-state index contributed by atoms with van der Waals surface area (Å²) in [5.41, 5.74) is 5.33. The van der Waals surface area contributed by atoms with E-state index in [2.05, 4.69) is 0 Å². The number of ether oxygens (including phenoxy) is 1. The summed E-state index contributed by atoms with van der Waals surface area (Å²) < 4.78 is 44.1. The summed E-state index contributed by atoms with van der Waals surface area (Å²) in [5, 5.41) is 7.31. The lowest BCUT2D eigenvalue weighted by Gasteiger charge is -2.10. The van der Waals surface area contributed by atoms with Gasteiger partial charge in [0.2, 0.25) is 0 Å². The number of nitrogens with one attached hydrogen (secondary N) is 1. The van der Waals surface area contributed by atoms with Crippen molar-refractivity contribution in [2.45, 2.75) is 0 Å². The second kappa shape index (κ2) is 5.01. The average molecular weight is 266 g/mol. The zero-order valence-electron chi connectivity index (χ0n) is 9.58. The van der Waals surface area contributed by atoms with Gasteiger partial charge in [-0.3, -0.25) is 5.41 Å². The van der Waals surface area contributed by atoms with E-state index >= 15 is 0 Å². The summed E-state index contributed by atoms with van der Waals surface area (Å²) in [5.74, 6) is -2.94. The third-order valence-electron chi connectivity index (χ3n) is 2.35. The zero-order valence-corrected chi connectivity index (χ0v) is 9.58. The molecule has 19 heavy (non-hydrogen) atoms. The van der Waals surface area contributed by atoms with Crippen LogP contribution in [0.25, 0.3) is 0 Å². The third-order valence-corrected chi connectivity index (χ3v) is 2.35. The van der Waals surface area contributed by atoms with Crippen molar-refractivity contribution in [3.8, 4) is 11.5 Å². The Bertz CT molecular complexity index is 644. The van der Waals surface area contributed by atoms with Crippen molar-refractivity contribution in [2.75, 3.05) is 0 Å². The molecule has 0 amide bonds. The first-order valence-electron chi connectivity index (χ1n) is 5.24. The number of benzene rings is 2. The zero-order chi connectivity index (χ0) is 14.0. The molecule has 0 aliphatic carbocycles. The van der Waals surface area contributed by atoms with Crippen molar-refractivity contribution in [1.82, 2.24) is 0 Å². The Kier molecular flexibility index (Phi) is 3.41. The predicted molar refractivity (Wildman–Crippen MR) is 63.8 cm³/mol. The lowest BCUT2D eigenvalue weighted by molar-refractivity contribution is 0.459. The molecular formula is C13H9F3N2O. The summed E-state index contributed by atoms with van der Waals surface area (Å²) in [6.07, 6.45) is 0. The third kappa shape index (κ3) is 2.85. The van der Waals surface area contributed by atoms with Crippen molar-refractivity contribution in [2.24, 2.45) is 5.73 Å². The van der Waals surface area contributed by atoms with Crippen molar-refractivity contribution in [3.63, 3.8) is 0 Å². The van der Waals surface area contributed by atoms with E-state index in [4.69, 9.17) is 15.9 Å². The molecule has 2 aromatic carbocycles. The van der Waals surface area contributed by atoms with E-state index in [1.165, 1.54) is 12.1 Å². The number of amidine groups is 1. The van der Waals surface area contributed by atoms with Gasteiger partial charge < -0.3 is 10.5 Å². The molecule has 0 unspecified atom stereocenters. The van der Waals surface area contributed by atoms with Gasteiger partial charge in [-0.05, 0) is 30.3 Å². The fourth-order valence-electron chi connectivity index (χ4n) is 1.47. The van der Waals surface area contributed by atoms with Crippen LogP contribution in [0.5, 0.6) is 11.5 Å². The second-order valence-corrected chi connectivity index (χ2v) is 3.73. The molecule has 3 nitrogen and oxygen atoms in total. The van der Waals surface area contributed by atoms with Gasteiger partial charge in [0.25, 0.3) is 0 Å². The highest BCUT2D eigenvalue weighted by molar-refractivity contribution is 5.97. The monoisotopic (exact) mass is 266 g/mol. The highest BCUT2D eigenvalue weighted by Gasteiger charge is 2.10. The van der Waals surface area contributed by atoms with Gasteiger partial charge in [0, 0.05) is 6.07 Å². The Balaban J connectivity index is 2.37. The van der Waals surface area contributed by atoms with E-state index in [0.29, 0.717) is 0 Å². The molecule has 0 radical (unpaired) electrons. The summed E-state index contributed by atoms with van der Waals surface area (Å²) in [6, 6.07) is 6.36. The quantitative estimate of drug-likeness (QED) is 0.662. The van der Waals surface area contributed by atoms with Crippen molar-refractivity contribution < 1.29 is 17.9 Å². The molecule has 6 heteroatoms. The van der Waals surface area contributed by atoms with Gasteiger partial charge in [-0.15, -0.1) is 0 Å². The topological polar surface area (TPSA) is 59.1 Å². The van der Waals surface area contributed by atoms with Crippen LogP contribution in [0.1, 0.15) is 5.56 Å². The maximum Gasteiger partial charge on any atom is 0.162 e. The largest absolute Gasteiger partial charge is 0.456 e. The first-order chi connectivity index (χ1) is 8.97. The van der Waals surface area contributed by atoms with Crippen molar-refractivity contribution >= 4 is 5.84 Å². The van der Waals surface area contributed by atoms with Crippen LogP contribution in [-0.2, 0) is 0 Å². The summed E-state index contributed by atoms with van der Waals surface area (Å²) in [4.78, 5) is 0. The number of rotatable bonds is 3. The van der Waals surface area contributed by atoms with Crippen LogP contribution in [0.3, 0.4) is 0 Å². The van der Waals surface area contributed by atoms with Crippen LogP contribution in [0, 0.1) is 22.9 Å². The molecule has 98 valence electrons. The predicted octanol–water partition coefficient (Wildman–Crippen LogP) is 3.18. The molecule has 0 aliphatic rings. The van der Waals surface area contributed by atoms with E-state index in [0.717, 1.165) is 24.3 Å². The Morgan fingerprint density at radius 3 is 2.37 bits per heavy atom. The van der Waals surface area contributed by atoms with Gasteiger partial charge in [0.05, 0.1) is 5.56 Å². The van der Waals surface area contributed by atoms with E-state index in [9.17, 15) is 13.2 Å². The second-order valence-electron chi connectivity index (χ2n) is 3.73. The molecule has 0 bridgehead atoms. The van der Waals surface area contributed by atoms with Gasteiger partial charge >= 0.3 is 0 Å². The number of hydrogen-bond donors (Lipinski definition) is 2. The molecule has 0 aromatic heterocycles. The maximum atomic E-state index is 13.0. The van der Waals surface area contributed by atoms with Crippen LogP contribution in [0.2, 0.25) is 0 Å². The minimum atomic E-state index is -1.07. The molecule has 2 aromatic rings. The molecule has 0 spiro atoms. The summed E-state index contributed by atoms with van der Waals surface area (Å²) in [6.45, 7) is 0. The van der Waals surface area contributed by atoms with Crippen LogP contribution < -0.4 is 10.5 Å². The van der Waals surface area contributed by atoms with Crippen LogP contribution in [0.4, 0.5) is 13.2 Å². The standard InChI is InChI=1S/C13H9F3N2O/c14-7-1-4-12(9(5-7)13(17)18)19-8-2-3-10(15)11(16)6-8/h1-6H,(H3,17,18). The van der Waals surface area contributed by atoms with Crippen LogP contribution in [0.15, 0.2) is 36.4 Å². The van der Waals surface area contributed by atoms with E-state index in [1.54, 1.807) is 0 Å². The lowest BCUT2D eigenvalue weighted by atomic mass is 10.2. The Morgan fingerprint density at radius 1 is 1.00 bits per heavy atom. The maximum absolute atomic E-state index is 13.0. The van der Waals surface area contributed by atoms with Gasteiger partial charge in [-0.2, -0.15) is 0 Å². The first kappa shape index (κ1) is 12.9. The van der Waals surface area contributed by atoms with Crippen LogP contribution >= 0.6 is 0 Å². The van der Waals surface area contributed by atoms with Gasteiger partial charge in [-0.1, -0.05) is 0 Å². The summed E-state index contributed by atoms with van der Waals surface area (Å²) in [7, 11) is 0. The average Bonchev–Trinajstić information content (AvgIpc) is 2.36. The highest BCUT2D eigenvalue weighted by atomic mass is 19.2. The molecule has 0 saturated carbocycles. The molecule has 3 N–H and O–H groups in total. The molecule has 2 rings (SSSR count). The number of nitrogen functional groups attached to an aromatic ring is 1. The molecular weight excluding hydrogens is 257 g/mol. The smallest absolute Gasteiger partial charge is 0.162 e. The van der Waals surface area contributed by atoms with Gasteiger partial charge in [-0.25, -0.2) is 13.2 Å². The highest BCUT2D eigenvalue weighted by Crippen LogP contribution is 2.26. The van der Waals surface area contributed by atoms with Crippen molar-refractivity contribution in [3.05, 3.63) is 59.4 Å². The molecule has 0 fully saturated rings. The first-order valence-corrected chi connectivity index (χ1v) is 5.24. The SMILES string of the molecule is N=C(N)c1cc(F)ccc1Oc1ccc(F)c(F)c1. The van der Waals surface area contributed by atoms with E-state index < -0.39 is 23.3 Å². The fourth-order valence-corrected chi connectivity index (χ4v) is 1.47. The summed E-state index contributed by atoms with van der Waals surface area (Å²) >= 11 is 0. The van der Waals surface area contributed by atoms with E-state index in [1.807, 2.05) is 0 Å².